The number of hydrogen-bond acceptors (Lipinski definition) is 4. The number of amides is 1. The van der Waals surface area contributed by atoms with Crippen molar-refractivity contribution in [1.29, 1.82) is 0 Å². The third-order valence-electron chi connectivity index (χ3n) is 5.73. The predicted molar refractivity (Wildman–Crippen MR) is 105 cm³/mol. The van der Waals surface area contributed by atoms with Crippen LogP contribution in [0.15, 0.2) is 23.0 Å². The van der Waals surface area contributed by atoms with Crippen LogP contribution < -0.4 is 5.56 Å². The van der Waals surface area contributed by atoms with Gasteiger partial charge in [-0.15, -0.1) is 0 Å². The average molecular weight is 379 g/mol. The van der Waals surface area contributed by atoms with E-state index in [4.69, 9.17) is 0 Å². The average Bonchev–Trinajstić information content (AvgIpc) is 3.13. The van der Waals surface area contributed by atoms with E-state index in [2.05, 4.69) is 11.0 Å². The van der Waals surface area contributed by atoms with Gasteiger partial charge in [-0.25, -0.2) is 0 Å². The number of unbranched alkanes of at least 4 members (excludes halogenated alkanes) is 1. The third-order valence-corrected chi connectivity index (χ3v) is 8.73. The predicted octanol–water partition coefficient (Wildman–Crippen LogP) is 3.51. The lowest BCUT2D eigenvalue weighted by molar-refractivity contribution is -0.134. The molecule has 2 bridgehead atoms. The fourth-order valence-corrected chi connectivity index (χ4v) is 7.50. The highest BCUT2D eigenvalue weighted by Gasteiger charge is 2.35. The van der Waals surface area contributed by atoms with Crippen LogP contribution in [0.5, 0.6) is 0 Å². The first-order chi connectivity index (χ1) is 12.2. The van der Waals surface area contributed by atoms with Gasteiger partial charge in [-0.1, -0.05) is 34.1 Å². The first-order valence-corrected chi connectivity index (χ1v) is 11.8. The standard InChI is InChI=1S/C19H26N2O2S2/c22-18(6-2-1-4-16-8-9-24-25-16)20-11-14-10-15(13-20)17-5-3-7-19(23)21(17)12-14/h3,5,7,14-16H,1-2,4,6,8-13H2/t14-,15+,16+/m0/s1. The maximum absolute atomic E-state index is 12.7. The van der Waals surface area contributed by atoms with Crippen molar-refractivity contribution in [2.75, 3.05) is 18.8 Å². The van der Waals surface area contributed by atoms with Crippen molar-refractivity contribution in [1.82, 2.24) is 9.47 Å². The van der Waals surface area contributed by atoms with Crippen LogP contribution in [0.2, 0.25) is 0 Å². The Bertz CT molecular complexity index is 684. The topological polar surface area (TPSA) is 42.3 Å². The van der Waals surface area contributed by atoms with Gasteiger partial charge < -0.3 is 9.47 Å². The van der Waals surface area contributed by atoms with E-state index in [9.17, 15) is 9.59 Å². The minimum atomic E-state index is 0.106. The van der Waals surface area contributed by atoms with Crippen LogP contribution in [0.4, 0.5) is 0 Å². The van der Waals surface area contributed by atoms with E-state index in [1.807, 2.05) is 32.2 Å². The van der Waals surface area contributed by atoms with Gasteiger partial charge in [0.15, 0.2) is 0 Å². The molecule has 0 saturated carbocycles. The summed E-state index contributed by atoms with van der Waals surface area (Å²) in [6, 6.07) is 5.57. The summed E-state index contributed by atoms with van der Waals surface area (Å²) in [7, 11) is 4.02. The van der Waals surface area contributed by atoms with E-state index >= 15 is 0 Å². The number of aromatic nitrogens is 1. The van der Waals surface area contributed by atoms with Crippen LogP contribution in [0, 0.1) is 5.92 Å². The number of carbonyl (C=O) groups excluding carboxylic acids is 1. The lowest BCUT2D eigenvalue weighted by Gasteiger charge is -2.42. The van der Waals surface area contributed by atoms with Crippen molar-refractivity contribution in [2.24, 2.45) is 5.92 Å². The second kappa shape index (κ2) is 7.78. The van der Waals surface area contributed by atoms with Crippen molar-refractivity contribution in [3.63, 3.8) is 0 Å². The number of nitrogens with zero attached hydrogens (tertiary/aromatic N) is 2. The van der Waals surface area contributed by atoms with Gasteiger partial charge in [0.2, 0.25) is 5.91 Å². The SMILES string of the molecule is O=C(CCCC[C@@H]1CCSS1)N1C[C@@H]2C[C@H](C1)c1cccc(=O)n1C2. The van der Waals surface area contributed by atoms with Crippen molar-refractivity contribution >= 4 is 27.5 Å². The number of fused-ring (bicyclic) bond motifs is 4. The van der Waals surface area contributed by atoms with E-state index in [-0.39, 0.29) is 5.56 Å². The summed E-state index contributed by atoms with van der Waals surface area (Å²) in [6.45, 7) is 2.38. The fraction of sp³-hybridized carbons (Fsp3) is 0.684. The Hall–Kier alpha value is -0.880. The van der Waals surface area contributed by atoms with Gasteiger partial charge in [0.1, 0.15) is 0 Å². The van der Waals surface area contributed by atoms with Gasteiger partial charge in [-0.3, -0.25) is 9.59 Å². The first kappa shape index (κ1) is 17.5. The van der Waals surface area contributed by atoms with Crippen LogP contribution in [0.3, 0.4) is 0 Å². The molecule has 1 amide bonds. The first-order valence-electron chi connectivity index (χ1n) is 9.46. The van der Waals surface area contributed by atoms with Crippen LogP contribution >= 0.6 is 21.6 Å². The molecule has 1 aromatic heterocycles. The molecular weight excluding hydrogens is 352 g/mol. The van der Waals surface area contributed by atoms with E-state index in [1.165, 1.54) is 25.0 Å². The van der Waals surface area contributed by atoms with Gasteiger partial charge in [-0.05, 0) is 37.7 Å². The molecule has 0 aromatic carbocycles. The zero-order valence-electron chi connectivity index (χ0n) is 14.6. The van der Waals surface area contributed by atoms with E-state index in [1.54, 1.807) is 6.07 Å². The minimum Gasteiger partial charge on any atom is -0.342 e. The molecule has 2 saturated heterocycles. The van der Waals surface area contributed by atoms with E-state index in [0.717, 1.165) is 43.4 Å². The molecule has 0 spiro atoms. The molecular formula is C19H26N2O2S2. The number of piperidine rings is 1. The summed E-state index contributed by atoms with van der Waals surface area (Å²) in [5.74, 6) is 2.37. The molecule has 0 unspecified atom stereocenters. The van der Waals surface area contributed by atoms with E-state index < -0.39 is 0 Å². The zero-order chi connectivity index (χ0) is 17.2. The number of hydrogen-bond donors (Lipinski definition) is 0. The summed E-state index contributed by atoms with van der Waals surface area (Å²) < 4.78 is 1.93. The molecule has 3 aliphatic heterocycles. The highest BCUT2D eigenvalue weighted by atomic mass is 33.1. The largest absolute Gasteiger partial charge is 0.342 e. The molecule has 4 nitrogen and oxygen atoms in total. The summed E-state index contributed by atoms with van der Waals surface area (Å²) in [4.78, 5) is 26.8. The van der Waals surface area contributed by atoms with E-state index in [0.29, 0.717) is 24.2 Å². The van der Waals surface area contributed by atoms with Gasteiger partial charge in [0, 0.05) is 54.7 Å². The summed E-state index contributed by atoms with van der Waals surface area (Å²) in [5.41, 5.74) is 1.23. The van der Waals surface area contributed by atoms with Crippen molar-refractivity contribution in [2.45, 2.75) is 56.2 Å². The van der Waals surface area contributed by atoms with Gasteiger partial charge >= 0.3 is 0 Å². The number of rotatable bonds is 5. The number of likely N-dealkylation sites (tertiary alicyclic amines) is 1. The quantitative estimate of drug-likeness (QED) is 0.581. The molecule has 4 rings (SSSR count). The summed E-state index contributed by atoms with van der Waals surface area (Å²) in [5, 5.41) is 0.809. The maximum Gasteiger partial charge on any atom is 0.250 e. The molecule has 3 atom stereocenters. The van der Waals surface area contributed by atoms with Crippen LogP contribution in [0.1, 0.15) is 50.1 Å². The normalized spacial score (nSPS) is 28.0. The molecule has 6 heteroatoms. The Morgan fingerprint density at radius 1 is 1.20 bits per heavy atom. The Morgan fingerprint density at radius 3 is 2.96 bits per heavy atom. The second-order valence-corrected chi connectivity index (χ2v) is 10.4. The third kappa shape index (κ3) is 3.95. The highest BCUT2D eigenvalue weighted by Crippen LogP contribution is 2.40. The molecule has 0 aliphatic carbocycles. The van der Waals surface area contributed by atoms with Gasteiger partial charge in [0.05, 0.1) is 0 Å². The molecule has 1 aromatic rings. The Morgan fingerprint density at radius 2 is 2.12 bits per heavy atom. The van der Waals surface area contributed by atoms with Crippen LogP contribution in [-0.4, -0.2) is 39.5 Å². The summed E-state index contributed by atoms with van der Waals surface area (Å²) in [6.07, 6.45) is 6.57. The maximum atomic E-state index is 12.7. The van der Waals surface area contributed by atoms with Crippen LogP contribution in [0.25, 0.3) is 0 Å². The highest BCUT2D eigenvalue weighted by molar-refractivity contribution is 8.77. The Kier molecular flexibility index (Phi) is 5.46. The van der Waals surface area contributed by atoms with Gasteiger partial charge in [-0.2, -0.15) is 0 Å². The molecule has 0 radical (unpaired) electrons. The molecule has 4 heterocycles. The molecule has 2 fully saturated rings. The molecule has 136 valence electrons. The number of carbonyl (C=O) groups is 1. The Balaban J connectivity index is 1.30. The smallest absolute Gasteiger partial charge is 0.250 e. The monoisotopic (exact) mass is 378 g/mol. The molecule has 3 aliphatic rings. The number of pyridine rings is 1. The zero-order valence-corrected chi connectivity index (χ0v) is 16.2. The van der Waals surface area contributed by atoms with Crippen molar-refractivity contribution in [3.05, 3.63) is 34.2 Å². The summed E-state index contributed by atoms with van der Waals surface area (Å²) >= 11 is 0. The Labute approximate surface area is 157 Å². The second-order valence-electron chi connectivity index (χ2n) is 7.57. The lowest BCUT2D eigenvalue weighted by atomic mass is 9.83. The fourth-order valence-electron chi connectivity index (χ4n) is 4.47. The lowest BCUT2D eigenvalue weighted by Crippen LogP contribution is -2.49. The van der Waals surface area contributed by atoms with Crippen molar-refractivity contribution < 1.29 is 4.79 Å². The molecule has 0 N–H and O–H groups in total. The molecule has 25 heavy (non-hydrogen) atoms. The van der Waals surface area contributed by atoms with Gasteiger partial charge in [0.25, 0.3) is 5.56 Å². The van der Waals surface area contributed by atoms with Crippen molar-refractivity contribution in [3.8, 4) is 0 Å². The minimum absolute atomic E-state index is 0.106. The van der Waals surface area contributed by atoms with Crippen LogP contribution in [-0.2, 0) is 11.3 Å².